The standard InChI is InChI=1S/C23H21F7O3/c1-32-21(31)18-6-7-19(20(18)14-2-4-17(24)5-3-14)33-9-8-13-10-15(22(25,26)27)12-16(11-13)23(28,29)30/h2-5,10-12,18-20H,6-9H2,1H3. The number of ether oxygens (including phenoxy) is 2. The number of hydrogen-bond donors (Lipinski definition) is 0. The first-order valence-electron chi connectivity index (χ1n) is 10.1. The summed E-state index contributed by atoms with van der Waals surface area (Å²) in [6.07, 6.45) is -9.73. The van der Waals surface area contributed by atoms with Gasteiger partial charge in [-0.25, -0.2) is 4.39 Å². The zero-order valence-electron chi connectivity index (χ0n) is 17.5. The van der Waals surface area contributed by atoms with Crippen molar-refractivity contribution in [1.82, 2.24) is 0 Å². The van der Waals surface area contributed by atoms with Gasteiger partial charge in [0.25, 0.3) is 0 Å². The molecule has 3 nitrogen and oxygen atoms in total. The minimum atomic E-state index is -4.93. The smallest absolute Gasteiger partial charge is 0.416 e. The quantitative estimate of drug-likeness (QED) is 0.369. The van der Waals surface area contributed by atoms with E-state index in [9.17, 15) is 35.5 Å². The second-order valence-electron chi connectivity index (χ2n) is 7.86. The Labute approximate surface area is 185 Å². The van der Waals surface area contributed by atoms with Crippen molar-refractivity contribution >= 4 is 5.97 Å². The van der Waals surface area contributed by atoms with Crippen LogP contribution in [0.3, 0.4) is 0 Å². The Bertz CT molecular complexity index is 935. The molecule has 0 spiro atoms. The van der Waals surface area contributed by atoms with Crippen molar-refractivity contribution in [3.63, 3.8) is 0 Å². The van der Waals surface area contributed by atoms with Crippen LogP contribution in [0.25, 0.3) is 0 Å². The van der Waals surface area contributed by atoms with Crippen molar-refractivity contribution in [2.24, 2.45) is 5.92 Å². The number of esters is 1. The number of methoxy groups -OCH3 is 1. The molecule has 0 heterocycles. The third kappa shape index (κ3) is 6.04. The van der Waals surface area contributed by atoms with Gasteiger partial charge in [-0.1, -0.05) is 12.1 Å². The summed E-state index contributed by atoms with van der Waals surface area (Å²) in [5.41, 5.74) is -2.31. The summed E-state index contributed by atoms with van der Waals surface area (Å²) in [7, 11) is 1.24. The molecule has 1 fully saturated rings. The van der Waals surface area contributed by atoms with Crippen LogP contribution in [0.1, 0.15) is 41.0 Å². The highest BCUT2D eigenvalue weighted by Gasteiger charge is 2.42. The second-order valence-corrected chi connectivity index (χ2v) is 7.86. The van der Waals surface area contributed by atoms with Gasteiger partial charge in [0.15, 0.2) is 0 Å². The zero-order chi connectivity index (χ0) is 24.4. The first-order chi connectivity index (χ1) is 15.4. The molecule has 0 bridgehead atoms. The van der Waals surface area contributed by atoms with Gasteiger partial charge in [0.05, 0.1) is 36.9 Å². The van der Waals surface area contributed by atoms with E-state index in [1.54, 1.807) is 0 Å². The molecule has 0 radical (unpaired) electrons. The first-order valence-corrected chi connectivity index (χ1v) is 10.1. The lowest BCUT2D eigenvalue weighted by atomic mass is 9.87. The van der Waals surface area contributed by atoms with Crippen LogP contribution in [0.5, 0.6) is 0 Å². The fourth-order valence-electron chi connectivity index (χ4n) is 4.19. The Morgan fingerprint density at radius 2 is 1.52 bits per heavy atom. The Morgan fingerprint density at radius 3 is 2.03 bits per heavy atom. The van der Waals surface area contributed by atoms with Crippen LogP contribution in [0.15, 0.2) is 42.5 Å². The van der Waals surface area contributed by atoms with Gasteiger partial charge in [-0.05, 0) is 60.7 Å². The maximum atomic E-state index is 13.3. The molecule has 0 N–H and O–H groups in total. The summed E-state index contributed by atoms with van der Waals surface area (Å²) in [6, 6.07) is 6.91. The Balaban J connectivity index is 1.77. The Hall–Kier alpha value is -2.62. The van der Waals surface area contributed by atoms with E-state index in [0.717, 1.165) is 0 Å². The number of hydrogen-bond acceptors (Lipinski definition) is 3. The number of carbonyl (C=O) groups excluding carboxylic acids is 1. The van der Waals surface area contributed by atoms with Crippen LogP contribution in [0.4, 0.5) is 30.7 Å². The topological polar surface area (TPSA) is 35.5 Å². The molecule has 3 rings (SSSR count). The normalized spacial score (nSPS) is 21.3. The van der Waals surface area contributed by atoms with E-state index in [1.165, 1.54) is 31.4 Å². The maximum Gasteiger partial charge on any atom is 0.416 e. The molecule has 1 saturated carbocycles. The molecule has 2 aromatic carbocycles. The van der Waals surface area contributed by atoms with Gasteiger partial charge >= 0.3 is 18.3 Å². The minimum Gasteiger partial charge on any atom is -0.469 e. The number of rotatable bonds is 6. The average Bonchev–Trinajstić information content (AvgIpc) is 3.16. The van der Waals surface area contributed by atoms with Crippen molar-refractivity contribution in [2.45, 2.75) is 43.6 Å². The molecule has 3 unspecified atom stereocenters. The molecular formula is C23H21F7O3. The van der Waals surface area contributed by atoms with Gasteiger partial charge in [-0.2, -0.15) is 26.3 Å². The highest BCUT2D eigenvalue weighted by molar-refractivity contribution is 5.74. The minimum absolute atomic E-state index is 0.0762. The lowest BCUT2D eigenvalue weighted by Gasteiger charge is -2.24. The van der Waals surface area contributed by atoms with E-state index in [1.807, 2.05) is 0 Å². The van der Waals surface area contributed by atoms with E-state index in [0.29, 0.717) is 30.5 Å². The monoisotopic (exact) mass is 478 g/mol. The number of halogens is 7. The number of carbonyl (C=O) groups is 1. The van der Waals surface area contributed by atoms with Crippen LogP contribution in [-0.2, 0) is 33.0 Å². The first kappa shape index (κ1) is 25.0. The second kappa shape index (κ2) is 9.70. The molecule has 0 aromatic heterocycles. The third-order valence-electron chi connectivity index (χ3n) is 5.73. The summed E-state index contributed by atoms with van der Waals surface area (Å²) in [6.45, 7) is -0.158. The molecule has 0 amide bonds. The summed E-state index contributed by atoms with van der Waals surface area (Å²) < 4.78 is 102. The predicted molar refractivity (Wildman–Crippen MR) is 104 cm³/mol. The largest absolute Gasteiger partial charge is 0.469 e. The van der Waals surface area contributed by atoms with Gasteiger partial charge < -0.3 is 9.47 Å². The van der Waals surface area contributed by atoms with Gasteiger partial charge in [-0.15, -0.1) is 0 Å². The molecule has 3 atom stereocenters. The van der Waals surface area contributed by atoms with Crippen LogP contribution >= 0.6 is 0 Å². The Kier molecular flexibility index (Phi) is 7.36. The van der Waals surface area contributed by atoms with E-state index in [4.69, 9.17) is 9.47 Å². The number of benzene rings is 2. The molecule has 10 heteroatoms. The van der Waals surface area contributed by atoms with Crippen LogP contribution in [0, 0.1) is 11.7 Å². The summed E-state index contributed by atoms with van der Waals surface area (Å²) in [5, 5.41) is 0. The molecular weight excluding hydrogens is 457 g/mol. The van der Waals surface area contributed by atoms with E-state index >= 15 is 0 Å². The molecule has 33 heavy (non-hydrogen) atoms. The lowest BCUT2D eigenvalue weighted by Crippen LogP contribution is -2.26. The fourth-order valence-corrected chi connectivity index (χ4v) is 4.19. The van der Waals surface area contributed by atoms with Gasteiger partial charge in [-0.3, -0.25) is 4.79 Å². The summed E-state index contributed by atoms with van der Waals surface area (Å²) >= 11 is 0. The average molecular weight is 478 g/mol. The van der Waals surface area contributed by atoms with E-state index in [-0.39, 0.29) is 24.7 Å². The molecule has 2 aromatic rings. The highest BCUT2D eigenvalue weighted by atomic mass is 19.4. The van der Waals surface area contributed by atoms with Gasteiger partial charge in [0.2, 0.25) is 0 Å². The maximum absolute atomic E-state index is 13.3. The van der Waals surface area contributed by atoms with Crippen molar-refractivity contribution in [1.29, 1.82) is 0 Å². The van der Waals surface area contributed by atoms with Crippen molar-refractivity contribution in [3.8, 4) is 0 Å². The van der Waals surface area contributed by atoms with Crippen molar-refractivity contribution in [3.05, 3.63) is 70.5 Å². The van der Waals surface area contributed by atoms with Gasteiger partial charge in [0, 0.05) is 5.92 Å². The third-order valence-corrected chi connectivity index (χ3v) is 5.73. The Morgan fingerprint density at radius 1 is 0.939 bits per heavy atom. The molecule has 0 saturated heterocycles. The van der Waals surface area contributed by atoms with Crippen molar-refractivity contribution < 1.29 is 45.0 Å². The van der Waals surface area contributed by atoms with Crippen molar-refractivity contribution in [2.75, 3.05) is 13.7 Å². The van der Waals surface area contributed by atoms with Crippen LogP contribution in [-0.4, -0.2) is 25.8 Å². The predicted octanol–water partition coefficient (Wildman–Crippen LogP) is 6.16. The highest BCUT2D eigenvalue weighted by Crippen LogP contribution is 2.42. The molecule has 1 aliphatic rings. The lowest BCUT2D eigenvalue weighted by molar-refractivity contribution is -0.146. The van der Waals surface area contributed by atoms with E-state index in [2.05, 4.69) is 0 Å². The molecule has 0 aliphatic heterocycles. The summed E-state index contributed by atoms with van der Waals surface area (Å²) in [4.78, 5) is 12.2. The van der Waals surface area contributed by atoms with Gasteiger partial charge in [0.1, 0.15) is 5.82 Å². The molecule has 1 aliphatic carbocycles. The molecule has 180 valence electrons. The zero-order valence-corrected chi connectivity index (χ0v) is 17.5. The number of alkyl halides is 6. The van der Waals surface area contributed by atoms with Crippen LogP contribution in [0.2, 0.25) is 0 Å². The SMILES string of the molecule is COC(=O)C1CCC(OCCc2cc(C(F)(F)F)cc(C(F)(F)F)c2)C1c1ccc(F)cc1. The fraction of sp³-hybridized carbons (Fsp3) is 0.435. The van der Waals surface area contributed by atoms with E-state index < -0.39 is 53.2 Å². The summed E-state index contributed by atoms with van der Waals surface area (Å²) in [5.74, 6) is -1.97. The van der Waals surface area contributed by atoms with Crippen LogP contribution < -0.4 is 0 Å².